The monoisotopic (exact) mass is 277 g/mol. The first-order valence-corrected chi connectivity index (χ1v) is 6.06. The summed E-state index contributed by atoms with van der Waals surface area (Å²) in [7, 11) is 0. The van der Waals surface area contributed by atoms with E-state index in [0.29, 0.717) is 5.56 Å². The van der Waals surface area contributed by atoms with Crippen molar-refractivity contribution in [1.29, 1.82) is 0 Å². The van der Waals surface area contributed by atoms with Crippen LogP contribution in [0.2, 0.25) is 0 Å². The molecule has 0 aliphatic rings. The van der Waals surface area contributed by atoms with Gasteiger partial charge in [-0.05, 0) is 22.5 Å². The Morgan fingerprint density at radius 2 is 1.47 bits per heavy atom. The third-order valence-corrected chi connectivity index (χ3v) is 3.01. The number of aromatic carboxylic acids is 1. The predicted octanol–water partition coefficient (Wildman–Crippen LogP) is 3.30. The van der Waals surface area contributed by atoms with Crippen molar-refractivity contribution in [2.24, 2.45) is 0 Å². The quantitative estimate of drug-likeness (QED) is 0.774. The van der Waals surface area contributed by atoms with E-state index in [1.807, 2.05) is 47.6 Å². The summed E-state index contributed by atoms with van der Waals surface area (Å²) in [6, 6.07) is 3.47. The van der Waals surface area contributed by atoms with Crippen LogP contribution in [0.5, 0.6) is 5.75 Å². The minimum atomic E-state index is -1.09. The minimum absolute atomic E-state index is 0. The number of carbonyl (C=O) groups is 1. The summed E-state index contributed by atoms with van der Waals surface area (Å²) in [4.78, 5) is 11.2. The number of benzene rings is 1. The summed E-state index contributed by atoms with van der Waals surface area (Å²) in [5.41, 5.74) is 1.12. The number of carboxylic acids is 1. The zero-order chi connectivity index (χ0) is 14.3. The molecule has 19 heavy (non-hydrogen) atoms. The number of phenols is 1. The van der Waals surface area contributed by atoms with Gasteiger partial charge in [0, 0.05) is 5.56 Å². The summed E-state index contributed by atoms with van der Waals surface area (Å²) in [5, 5.41) is 19.3. The molecule has 0 radical (unpaired) electrons. The molecule has 0 bridgehead atoms. The van der Waals surface area contributed by atoms with Crippen LogP contribution in [-0.4, -0.2) is 33.5 Å². The summed E-state index contributed by atoms with van der Waals surface area (Å²) < 4.78 is 0. The molecule has 4 heteroatoms. The fourth-order valence-corrected chi connectivity index (χ4v) is 1.80. The molecule has 0 saturated carbocycles. The molecular weight excluding hydrogens is 255 g/mol. The van der Waals surface area contributed by atoms with Crippen molar-refractivity contribution in [2.75, 3.05) is 0 Å². The van der Waals surface area contributed by atoms with Crippen LogP contribution in [-0.2, 0) is 10.8 Å². The fourth-order valence-electron chi connectivity index (χ4n) is 1.80. The Balaban J connectivity index is 0.00000324. The van der Waals surface area contributed by atoms with E-state index in [4.69, 9.17) is 0 Å². The smallest absolute Gasteiger partial charge is 0.507 e. The zero-order valence-corrected chi connectivity index (χ0v) is 13.7. The summed E-state index contributed by atoms with van der Waals surface area (Å²) in [6.45, 7) is 12.0. The van der Waals surface area contributed by atoms with Crippen molar-refractivity contribution in [2.45, 2.75) is 52.4 Å². The van der Waals surface area contributed by atoms with E-state index in [1.54, 1.807) is 6.07 Å². The van der Waals surface area contributed by atoms with Crippen molar-refractivity contribution in [3.63, 3.8) is 0 Å². The topological polar surface area (TPSA) is 57.5 Å². The predicted molar refractivity (Wildman–Crippen MR) is 78.2 cm³/mol. The molecule has 0 aliphatic heterocycles. The van der Waals surface area contributed by atoms with Crippen LogP contribution >= 0.6 is 0 Å². The molecule has 2 N–H and O–H groups in total. The normalized spacial score (nSPS) is 11.9. The maximum absolute atomic E-state index is 11.2. The third-order valence-electron chi connectivity index (χ3n) is 3.01. The van der Waals surface area contributed by atoms with Gasteiger partial charge in [-0.25, -0.2) is 4.79 Å². The van der Waals surface area contributed by atoms with E-state index < -0.39 is 5.97 Å². The van der Waals surface area contributed by atoms with Crippen molar-refractivity contribution in [3.8, 4) is 5.75 Å². The van der Waals surface area contributed by atoms with E-state index in [1.165, 1.54) is 0 Å². The molecule has 0 aliphatic carbocycles. The van der Waals surface area contributed by atoms with Crippen LogP contribution in [0.4, 0.5) is 0 Å². The van der Waals surface area contributed by atoms with Crippen LogP contribution in [0.1, 0.15) is 63.0 Å². The summed E-state index contributed by atoms with van der Waals surface area (Å²) >= 11 is 0. The Hall–Kier alpha value is -0.978. The summed E-state index contributed by atoms with van der Waals surface area (Å²) in [5.74, 6) is -1.22. The minimum Gasteiger partial charge on any atom is -0.507 e. The van der Waals surface area contributed by atoms with Gasteiger partial charge >= 0.3 is 23.3 Å². The molecule has 0 fully saturated rings. The van der Waals surface area contributed by atoms with Crippen molar-refractivity contribution >= 4 is 23.3 Å². The Morgan fingerprint density at radius 3 is 1.79 bits per heavy atom. The number of carboxylic acid groups (broad SMARTS) is 1. The van der Waals surface area contributed by atoms with Crippen molar-refractivity contribution in [3.05, 3.63) is 28.8 Å². The van der Waals surface area contributed by atoms with Crippen LogP contribution in [0.25, 0.3) is 0 Å². The molecule has 0 unspecified atom stereocenters. The molecule has 1 aromatic rings. The second-order valence-electron chi connectivity index (χ2n) is 6.73. The first kappa shape index (κ1) is 18.0. The van der Waals surface area contributed by atoms with Crippen molar-refractivity contribution < 1.29 is 15.0 Å². The van der Waals surface area contributed by atoms with Gasteiger partial charge in [0.15, 0.2) is 0 Å². The van der Waals surface area contributed by atoms with Crippen molar-refractivity contribution in [1.82, 2.24) is 0 Å². The van der Waals surface area contributed by atoms with Crippen LogP contribution in [0.3, 0.4) is 0 Å². The van der Waals surface area contributed by atoms with E-state index in [2.05, 4.69) is 0 Å². The van der Waals surface area contributed by atoms with Gasteiger partial charge in [0.05, 0.1) is 0 Å². The SMILES string of the molecule is CC(C)(C)c1cc(C(=O)O)c(O)c(C(C)(C)C)c1.[Al+3]. The van der Waals surface area contributed by atoms with Crippen LogP contribution in [0.15, 0.2) is 12.1 Å². The average molecular weight is 277 g/mol. The van der Waals surface area contributed by atoms with Gasteiger partial charge in [-0.1, -0.05) is 47.6 Å². The molecule has 3 nitrogen and oxygen atoms in total. The van der Waals surface area contributed by atoms with Gasteiger partial charge in [-0.3, -0.25) is 0 Å². The molecule has 0 aromatic heterocycles. The number of hydrogen-bond acceptors (Lipinski definition) is 2. The second kappa shape index (κ2) is 5.57. The van der Waals surface area contributed by atoms with Crippen LogP contribution in [0, 0.1) is 0 Å². The molecule has 0 spiro atoms. The van der Waals surface area contributed by atoms with Gasteiger partial charge < -0.3 is 10.2 Å². The molecule has 1 aromatic carbocycles. The molecule has 0 saturated heterocycles. The number of rotatable bonds is 1. The second-order valence-corrected chi connectivity index (χ2v) is 6.73. The molecule has 100 valence electrons. The summed E-state index contributed by atoms with van der Waals surface area (Å²) in [6.07, 6.45) is 0. The molecular formula is C15H22AlO3+3. The Morgan fingerprint density at radius 1 is 1.00 bits per heavy atom. The Labute approximate surface area is 125 Å². The zero-order valence-electron chi connectivity index (χ0n) is 12.5. The maximum Gasteiger partial charge on any atom is 3.00 e. The maximum atomic E-state index is 11.2. The van der Waals surface area contributed by atoms with Gasteiger partial charge in [-0.2, -0.15) is 0 Å². The van der Waals surface area contributed by atoms with Gasteiger partial charge in [-0.15, -0.1) is 0 Å². The largest absolute Gasteiger partial charge is 3.00 e. The van der Waals surface area contributed by atoms with E-state index in [-0.39, 0.29) is 39.5 Å². The van der Waals surface area contributed by atoms with Gasteiger partial charge in [0.1, 0.15) is 11.3 Å². The Kier molecular flexibility index (Phi) is 5.28. The first-order valence-electron chi connectivity index (χ1n) is 6.06. The molecule has 0 atom stereocenters. The molecule has 0 amide bonds. The van der Waals surface area contributed by atoms with E-state index in [0.717, 1.165) is 5.56 Å². The van der Waals surface area contributed by atoms with E-state index in [9.17, 15) is 15.0 Å². The fraction of sp³-hybridized carbons (Fsp3) is 0.533. The first-order chi connectivity index (χ1) is 7.94. The van der Waals surface area contributed by atoms with Gasteiger partial charge in [0.2, 0.25) is 0 Å². The molecule has 1 rings (SSSR count). The Bertz CT molecular complexity index is 479. The number of aromatic hydroxyl groups is 1. The third kappa shape index (κ3) is 3.99. The van der Waals surface area contributed by atoms with Crippen LogP contribution < -0.4 is 0 Å². The van der Waals surface area contributed by atoms with E-state index >= 15 is 0 Å². The standard InChI is InChI=1S/C15H22O3.Al/c1-14(2,3)9-7-10(13(17)18)12(16)11(8-9)15(4,5)6;/h7-8,16H,1-6H3,(H,17,18);/q;+3. The van der Waals surface area contributed by atoms with Gasteiger partial charge in [0.25, 0.3) is 0 Å². The average Bonchev–Trinajstić information content (AvgIpc) is 2.13. The molecule has 0 heterocycles. The number of hydrogen-bond donors (Lipinski definition) is 2.